The van der Waals surface area contributed by atoms with Crippen molar-refractivity contribution < 1.29 is 19.2 Å². The van der Waals surface area contributed by atoms with Crippen LogP contribution in [0.5, 0.6) is 0 Å². The molecule has 1 heterocycles. The number of amides is 2. The lowest BCUT2D eigenvalue weighted by atomic mass is 10.2. The van der Waals surface area contributed by atoms with Gasteiger partial charge in [-0.1, -0.05) is 31.4 Å². The number of rotatable bonds is 7. The topological polar surface area (TPSA) is 80.8 Å². The number of nitrogens with one attached hydrogen (secondary N) is 1. The predicted molar refractivity (Wildman–Crippen MR) is 86.8 cm³/mol. The van der Waals surface area contributed by atoms with Crippen LogP contribution in [0.2, 0.25) is 0 Å². The maximum Gasteiger partial charge on any atom is 0.412 e. The highest BCUT2D eigenvalue weighted by atomic mass is 16.7. The fraction of sp³-hybridized carbons (Fsp3) is 0.188. The maximum atomic E-state index is 11.8. The van der Waals surface area contributed by atoms with E-state index in [0.717, 1.165) is 10.6 Å². The van der Waals surface area contributed by atoms with Crippen LogP contribution >= 0.6 is 0 Å². The lowest BCUT2D eigenvalue weighted by molar-refractivity contribution is -0.0760. The summed E-state index contributed by atoms with van der Waals surface area (Å²) in [6, 6.07) is 3.01. The van der Waals surface area contributed by atoms with Crippen LogP contribution < -0.4 is 5.32 Å². The Labute approximate surface area is 134 Å². The van der Waals surface area contributed by atoms with Crippen molar-refractivity contribution in [3.8, 4) is 0 Å². The molecule has 0 radical (unpaired) electrons. The first-order chi connectivity index (χ1) is 11.0. The van der Waals surface area contributed by atoms with E-state index in [-0.39, 0.29) is 12.3 Å². The first-order valence-corrected chi connectivity index (χ1v) is 6.67. The van der Waals surface area contributed by atoms with Gasteiger partial charge >= 0.3 is 6.09 Å². The number of aromatic nitrogens is 1. The van der Waals surface area contributed by atoms with E-state index in [0.29, 0.717) is 5.69 Å². The Bertz CT molecular complexity index is 608. The van der Waals surface area contributed by atoms with Gasteiger partial charge in [-0.3, -0.25) is 14.9 Å². The van der Waals surface area contributed by atoms with Crippen LogP contribution in [0.3, 0.4) is 0 Å². The van der Waals surface area contributed by atoms with Gasteiger partial charge in [0.1, 0.15) is 12.3 Å². The maximum absolute atomic E-state index is 11.8. The summed E-state index contributed by atoms with van der Waals surface area (Å²) in [7, 11) is 2.85. The molecule has 0 bridgehead atoms. The summed E-state index contributed by atoms with van der Waals surface area (Å²) in [5.41, 5.74) is 1.31. The molecular weight excluding hydrogens is 298 g/mol. The fourth-order valence-electron chi connectivity index (χ4n) is 1.47. The Morgan fingerprint density at radius 1 is 1.39 bits per heavy atom. The SMILES string of the molecule is C=C/C=C(\C=C)COC(=O)Nc1ccc(C(=O)N(C)OC)nc1. The van der Waals surface area contributed by atoms with Crippen LogP contribution in [-0.2, 0) is 9.57 Å². The minimum atomic E-state index is -0.642. The summed E-state index contributed by atoms with van der Waals surface area (Å²) in [5, 5.41) is 3.55. The van der Waals surface area contributed by atoms with Crippen molar-refractivity contribution in [3.63, 3.8) is 0 Å². The molecule has 7 heteroatoms. The fourth-order valence-corrected chi connectivity index (χ4v) is 1.47. The van der Waals surface area contributed by atoms with Crippen molar-refractivity contribution in [1.82, 2.24) is 10.0 Å². The zero-order valence-electron chi connectivity index (χ0n) is 13.1. The summed E-state index contributed by atoms with van der Waals surface area (Å²) in [6.45, 7) is 7.23. The number of allylic oxidation sites excluding steroid dienone is 2. The molecule has 2 amide bonds. The summed E-state index contributed by atoms with van der Waals surface area (Å²) in [6.07, 6.45) is 5.55. The number of hydrogen-bond acceptors (Lipinski definition) is 5. The Kier molecular flexibility index (Phi) is 7.22. The first kappa shape index (κ1) is 18.1. The van der Waals surface area contributed by atoms with Gasteiger partial charge in [0, 0.05) is 7.05 Å². The van der Waals surface area contributed by atoms with Crippen LogP contribution in [0.4, 0.5) is 10.5 Å². The van der Waals surface area contributed by atoms with Crippen LogP contribution in [0.1, 0.15) is 10.5 Å². The lowest BCUT2D eigenvalue weighted by Gasteiger charge is -2.13. The highest BCUT2D eigenvalue weighted by molar-refractivity contribution is 5.92. The number of carbonyl (C=O) groups excluding carboxylic acids is 2. The smallest absolute Gasteiger partial charge is 0.412 e. The van der Waals surface area contributed by atoms with Gasteiger partial charge < -0.3 is 4.74 Å². The molecule has 0 fully saturated rings. The highest BCUT2D eigenvalue weighted by Gasteiger charge is 2.13. The standard InChI is InChI=1S/C16H19N3O4/c1-5-7-12(6-2)11-23-16(21)18-13-8-9-14(17-10-13)15(20)19(3)22-4/h5-10H,1-2,11H2,3-4H3,(H,18,21)/b12-7+. The average molecular weight is 317 g/mol. The molecule has 7 nitrogen and oxygen atoms in total. The van der Waals surface area contributed by atoms with Crippen molar-refractivity contribution in [1.29, 1.82) is 0 Å². The molecule has 0 spiro atoms. The average Bonchev–Trinajstić information content (AvgIpc) is 2.57. The van der Waals surface area contributed by atoms with E-state index in [2.05, 4.69) is 23.5 Å². The molecule has 0 saturated carbocycles. The van der Waals surface area contributed by atoms with Crippen molar-refractivity contribution in [2.45, 2.75) is 0 Å². The third kappa shape index (κ3) is 5.76. The molecule has 0 aromatic carbocycles. The van der Waals surface area contributed by atoms with Crippen LogP contribution in [-0.4, -0.2) is 42.8 Å². The van der Waals surface area contributed by atoms with Crippen molar-refractivity contribution in [2.24, 2.45) is 0 Å². The number of pyridine rings is 1. The van der Waals surface area contributed by atoms with E-state index >= 15 is 0 Å². The summed E-state index contributed by atoms with van der Waals surface area (Å²) < 4.78 is 5.02. The van der Waals surface area contributed by atoms with Gasteiger partial charge in [0.05, 0.1) is 19.0 Å². The molecule has 1 N–H and O–H groups in total. The summed E-state index contributed by atoms with van der Waals surface area (Å²) in [4.78, 5) is 32.2. The molecule has 0 saturated heterocycles. The number of hydrogen-bond donors (Lipinski definition) is 1. The van der Waals surface area contributed by atoms with Crippen molar-refractivity contribution >= 4 is 17.7 Å². The van der Waals surface area contributed by atoms with Gasteiger partial charge in [-0.25, -0.2) is 14.8 Å². The van der Waals surface area contributed by atoms with Gasteiger partial charge in [0.2, 0.25) is 0 Å². The number of carbonyl (C=O) groups is 2. The van der Waals surface area contributed by atoms with Crippen LogP contribution in [0.25, 0.3) is 0 Å². The molecule has 0 aliphatic carbocycles. The van der Waals surface area contributed by atoms with Gasteiger partial charge in [0.15, 0.2) is 0 Å². The van der Waals surface area contributed by atoms with E-state index in [9.17, 15) is 9.59 Å². The Morgan fingerprint density at radius 3 is 2.65 bits per heavy atom. The molecule has 0 unspecified atom stereocenters. The predicted octanol–water partition coefficient (Wildman–Crippen LogP) is 2.56. The van der Waals surface area contributed by atoms with Gasteiger partial charge in [-0.2, -0.15) is 0 Å². The zero-order valence-corrected chi connectivity index (χ0v) is 13.1. The largest absolute Gasteiger partial charge is 0.444 e. The second kappa shape index (κ2) is 9.16. The minimum Gasteiger partial charge on any atom is -0.444 e. The summed E-state index contributed by atoms with van der Waals surface area (Å²) >= 11 is 0. The molecule has 0 aliphatic heterocycles. The second-order valence-corrected chi connectivity index (χ2v) is 4.30. The van der Waals surface area contributed by atoms with Gasteiger partial charge in [0.25, 0.3) is 5.91 Å². The van der Waals surface area contributed by atoms with Crippen molar-refractivity contribution in [2.75, 3.05) is 26.1 Å². The third-order valence-electron chi connectivity index (χ3n) is 2.75. The summed E-state index contributed by atoms with van der Waals surface area (Å²) in [5.74, 6) is -0.396. The van der Waals surface area contributed by atoms with E-state index in [1.54, 1.807) is 24.3 Å². The van der Waals surface area contributed by atoms with E-state index in [1.165, 1.54) is 26.4 Å². The first-order valence-electron chi connectivity index (χ1n) is 6.67. The Morgan fingerprint density at radius 2 is 2.13 bits per heavy atom. The monoisotopic (exact) mass is 317 g/mol. The second-order valence-electron chi connectivity index (χ2n) is 4.30. The number of anilines is 1. The minimum absolute atomic E-state index is 0.0734. The van der Waals surface area contributed by atoms with Crippen molar-refractivity contribution in [3.05, 3.63) is 61.0 Å². The highest BCUT2D eigenvalue weighted by Crippen LogP contribution is 2.09. The molecule has 1 aromatic rings. The van der Waals surface area contributed by atoms with Crippen LogP contribution in [0, 0.1) is 0 Å². The molecule has 1 rings (SSSR count). The molecule has 0 atom stereocenters. The third-order valence-corrected chi connectivity index (χ3v) is 2.75. The lowest BCUT2D eigenvalue weighted by Crippen LogP contribution is -2.26. The Hall–Kier alpha value is -2.93. The quantitative estimate of drug-likeness (QED) is 0.617. The normalized spacial score (nSPS) is 10.6. The molecule has 122 valence electrons. The zero-order chi connectivity index (χ0) is 17.2. The molecule has 1 aromatic heterocycles. The molecule has 0 aliphatic rings. The number of ether oxygens (including phenoxy) is 1. The molecular formula is C16H19N3O4. The van der Waals surface area contributed by atoms with Gasteiger partial charge in [-0.05, 0) is 17.7 Å². The number of hydroxylamine groups is 2. The number of nitrogens with zero attached hydrogens (tertiary/aromatic N) is 2. The Balaban J connectivity index is 2.59. The van der Waals surface area contributed by atoms with E-state index in [4.69, 9.17) is 9.57 Å². The molecule has 23 heavy (non-hydrogen) atoms. The van der Waals surface area contributed by atoms with E-state index in [1.807, 2.05) is 0 Å². The van der Waals surface area contributed by atoms with Gasteiger partial charge in [-0.15, -0.1) is 0 Å². The van der Waals surface area contributed by atoms with Crippen LogP contribution in [0.15, 0.2) is 55.3 Å². The van der Waals surface area contributed by atoms with E-state index < -0.39 is 12.0 Å².